The molecule has 1 atom stereocenters. The van der Waals surface area contributed by atoms with Gasteiger partial charge in [-0.2, -0.15) is 0 Å². The van der Waals surface area contributed by atoms with Gasteiger partial charge < -0.3 is 26.0 Å². The first-order chi connectivity index (χ1) is 14.7. The average Bonchev–Trinajstić information content (AvgIpc) is 2.68. The van der Waals surface area contributed by atoms with E-state index in [1.165, 1.54) is 12.4 Å². The van der Waals surface area contributed by atoms with Gasteiger partial charge in [-0.25, -0.2) is 14.4 Å². The lowest BCUT2D eigenvalue weighted by molar-refractivity contribution is -0.122. The molecule has 4 N–H and O–H groups in total. The third-order valence-electron chi connectivity index (χ3n) is 4.31. The van der Waals surface area contributed by atoms with Crippen LogP contribution in [0.2, 0.25) is 0 Å². The molecule has 3 rings (SSSR count). The van der Waals surface area contributed by atoms with Crippen LogP contribution in [0.15, 0.2) is 41.1 Å². The van der Waals surface area contributed by atoms with E-state index in [1.54, 1.807) is 29.2 Å². The molecule has 2 aromatic carbocycles. The highest BCUT2D eigenvalue weighted by Gasteiger charge is 2.13. The van der Waals surface area contributed by atoms with Crippen LogP contribution in [0.5, 0.6) is 5.75 Å². The summed E-state index contributed by atoms with van der Waals surface area (Å²) >= 11 is 3.24. The molecular formula is C21H24BrFN6O2. The Bertz CT molecular complexity index is 1090. The Morgan fingerprint density at radius 3 is 2.77 bits per heavy atom. The van der Waals surface area contributed by atoms with Gasteiger partial charge in [0.05, 0.1) is 29.5 Å². The van der Waals surface area contributed by atoms with Gasteiger partial charge in [-0.1, -0.05) is 15.9 Å². The second-order valence-electron chi connectivity index (χ2n) is 7.40. The van der Waals surface area contributed by atoms with Crippen molar-refractivity contribution >= 4 is 49.9 Å². The molecule has 0 aliphatic heterocycles. The van der Waals surface area contributed by atoms with Crippen LogP contribution in [-0.4, -0.2) is 54.1 Å². The van der Waals surface area contributed by atoms with Gasteiger partial charge in [0.1, 0.15) is 30.3 Å². The molecule has 0 spiro atoms. The van der Waals surface area contributed by atoms with Gasteiger partial charge in [0.2, 0.25) is 5.91 Å². The van der Waals surface area contributed by atoms with E-state index < -0.39 is 5.82 Å². The molecule has 0 unspecified atom stereocenters. The topological polar surface area (TPSA) is 105 Å². The SMILES string of the molecule is C[C@H](COc1cc2ncnc(Nc3ccc(Br)cc3F)c2cc1N)NC(=O)CN(C)C. The molecule has 31 heavy (non-hydrogen) atoms. The zero-order chi connectivity index (χ0) is 22.5. The van der Waals surface area contributed by atoms with Gasteiger partial charge in [0.15, 0.2) is 0 Å². The summed E-state index contributed by atoms with van der Waals surface area (Å²) in [4.78, 5) is 22.1. The molecular weight excluding hydrogens is 467 g/mol. The number of rotatable bonds is 8. The number of amides is 1. The van der Waals surface area contributed by atoms with E-state index in [2.05, 4.69) is 36.5 Å². The molecule has 0 saturated carbocycles. The molecule has 3 aromatic rings. The van der Waals surface area contributed by atoms with Gasteiger partial charge in [0, 0.05) is 15.9 Å². The highest BCUT2D eigenvalue weighted by molar-refractivity contribution is 9.10. The summed E-state index contributed by atoms with van der Waals surface area (Å²) in [6, 6.07) is 7.88. The minimum atomic E-state index is -0.417. The smallest absolute Gasteiger partial charge is 0.234 e. The Morgan fingerprint density at radius 1 is 1.29 bits per heavy atom. The van der Waals surface area contributed by atoms with E-state index in [-0.39, 0.29) is 24.2 Å². The number of nitrogen functional groups attached to an aromatic ring is 1. The van der Waals surface area contributed by atoms with Gasteiger partial charge in [-0.05, 0) is 45.3 Å². The third kappa shape index (κ3) is 6.02. The second-order valence-corrected chi connectivity index (χ2v) is 8.31. The Labute approximate surface area is 188 Å². The van der Waals surface area contributed by atoms with Crippen molar-refractivity contribution in [2.24, 2.45) is 0 Å². The fourth-order valence-corrected chi connectivity index (χ4v) is 3.24. The maximum atomic E-state index is 14.2. The normalized spacial score (nSPS) is 12.1. The molecule has 10 heteroatoms. The van der Waals surface area contributed by atoms with Crippen molar-refractivity contribution in [1.29, 1.82) is 0 Å². The molecule has 0 aliphatic rings. The lowest BCUT2D eigenvalue weighted by atomic mass is 10.2. The fraction of sp³-hybridized carbons (Fsp3) is 0.286. The molecule has 8 nitrogen and oxygen atoms in total. The van der Waals surface area contributed by atoms with Crippen molar-refractivity contribution in [3.8, 4) is 5.75 Å². The van der Waals surface area contributed by atoms with Crippen molar-refractivity contribution in [2.45, 2.75) is 13.0 Å². The van der Waals surface area contributed by atoms with Crippen LogP contribution in [-0.2, 0) is 4.79 Å². The van der Waals surface area contributed by atoms with Crippen molar-refractivity contribution in [3.05, 3.63) is 46.9 Å². The number of ether oxygens (including phenoxy) is 1. The summed E-state index contributed by atoms with van der Waals surface area (Å²) in [6.07, 6.45) is 1.38. The number of hydrogen-bond acceptors (Lipinski definition) is 7. The molecule has 0 fully saturated rings. The number of benzene rings is 2. The summed E-state index contributed by atoms with van der Waals surface area (Å²) in [5.41, 5.74) is 7.42. The van der Waals surface area contributed by atoms with E-state index in [0.29, 0.717) is 39.2 Å². The molecule has 164 valence electrons. The van der Waals surface area contributed by atoms with Gasteiger partial charge in [-0.15, -0.1) is 0 Å². The Kier molecular flexibility index (Phi) is 7.24. The van der Waals surface area contributed by atoms with Crippen LogP contribution in [0.25, 0.3) is 10.9 Å². The number of fused-ring (bicyclic) bond motifs is 1. The zero-order valence-corrected chi connectivity index (χ0v) is 19.0. The minimum Gasteiger partial charge on any atom is -0.489 e. The highest BCUT2D eigenvalue weighted by atomic mass is 79.9. The summed E-state index contributed by atoms with van der Waals surface area (Å²) in [5.74, 6) is 0.366. The van der Waals surface area contributed by atoms with E-state index in [0.717, 1.165) is 0 Å². The quantitative estimate of drug-likeness (QED) is 0.416. The summed E-state index contributed by atoms with van der Waals surface area (Å²) in [6.45, 7) is 2.39. The summed E-state index contributed by atoms with van der Waals surface area (Å²) < 4.78 is 20.6. The van der Waals surface area contributed by atoms with Crippen LogP contribution in [0.1, 0.15) is 6.92 Å². The van der Waals surface area contributed by atoms with Gasteiger partial charge in [0.25, 0.3) is 0 Å². The Balaban J connectivity index is 1.75. The minimum absolute atomic E-state index is 0.0868. The predicted octanol–water partition coefficient (Wildman–Crippen LogP) is 3.30. The number of anilines is 3. The van der Waals surface area contributed by atoms with E-state index in [9.17, 15) is 9.18 Å². The number of carbonyl (C=O) groups is 1. The van der Waals surface area contributed by atoms with Crippen LogP contribution < -0.4 is 21.1 Å². The van der Waals surface area contributed by atoms with E-state index >= 15 is 0 Å². The monoisotopic (exact) mass is 490 g/mol. The molecule has 1 amide bonds. The number of aromatic nitrogens is 2. The second kappa shape index (κ2) is 9.88. The van der Waals surface area contributed by atoms with Crippen molar-refractivity contribution in [2.75, 3.05) is 38.3 Å². The number of hydrogen-bond donors (Lipinski definition) is 3. The number of nitrogens with two attached hydrogens (primary N) is 1. The standard InChI is InChI=1S/C21H24BrFN6O2/c1-12(27-20(30)9-29(2)3)10-31-19-8-18-14(7-16(19)24)21(26-11-25-18)28-17-5-4-13(22)6-15(17)23/h4-8,11-12H,9-10,24H2,1-3H3,(H,27,30)(H,25,26,28)/t12-/m1/s1. The highest BCUT2D eigenvalue weighted by Crippen LogP contribution is 2.32. The molecule has 0 aliphatic carbocycles. The van der Waals surface area contributed by atoms with Gasteiger partial charge in [-0.3, -0.25) is 4.79 Å². The van der Waals surface area contributed by atoms with Crippen molar-refractivity contribution < 1.29 is 13.9 Å². The largest absolute Gasteiger partial charge is 0.489 e. The van der Waals surface area contributed by atoms with E-state index in [1.807, 2.05) is 21.0 Å². The molecule has 1 heterocycles. The first kappa shape index (κ1) is 22.7. The number of halogens is 2. The number of nitrogens with one attached hydrogen (secondary N) is 2. The molecule has 0 radical (unpaired) electrons. The summed E-state index contributed by atoms with van der Waals surface area (Å²) in [7, 11) is 3.65. The zero-order valence-electron chi connectivity index (χ0n) is 17.4. The van der Waals surface area contributed by atoms with Crippen molar-refractivity contribution in [1.82, 2.24) is 20.2 Å². The Hall–Kier alpha value is -2.98. The van der Waals surface area contributed by atoms with E-state index in [4.69, 9.17) is 10.5 Å². The number of nitrogens with zero attached hydrogens (tertiary/aromatic N) is 3. The van der Waals surface area contributed by atoms with Crippen molar-refractivity contribution in [3.63, 3.8) is 0 Å². The average molecular weight is 491 g/mol. The molecule has 0 bridgehead atoms. The third-order valence-corrected chi connectivity index (χ3v) is 4.80. The maximum Gasteiger partial charge on any atom is 0.234 e. The van der Waals surface area contributed by atoms with Crippen LogP contribution >= 0.6 is 15.9 Å². The number of likely N-dealkylation sites (N-methyl/N-ethyl adjacent to an activating group) is 1. The predicted molar refractivity (Wildman–Crippen MR) is 123 cm³/mol. The van der Waals surface area contributed by atoms with Crippen LogP contribution in [0.4, 0.5) is 21.6 Å². The lowest BCUT2D eigenvalue weighted by Crippen LogP contribution is -2.41. The molecule has 0 saturated heterocycles. The van der Waals surface area contributed by atoms with Crippen LogP contribution in [0, 0.1) is 5.82 Å². The summed E-state index contributed by atoms with van der Waals surface area (Å²) in [5, 5.41) is 6.47. The van der Waals surface area contributed by atoms with Gasteiger partial charge >= 0.3 is 0 Å². The first-order valence-corrected chi connectivity index (χ1v) is 10.4. The maximum absolute atomic E-state index is 14.2. The van der Waals surface area contributed by atoms with Crippen LogP contribution in [0.3, 0.4) is 0 Å². The lowest BCUT2D eigenvalue weighted by Gasteiger charge is -2.18. The molecule has 1 aromatic heterocycles. The first-order valence-electron chi connectivity index (χ1n) is 9.56. The number of carbonyl (C=O) groups excluding carboxylic acids is 1. The fourth-order valence-electron chi connectivity index (χ4n) is 2.91. The Morgan fingerprint density at radius 2 is 2.06 bits per heavy atom.